The number of benzene rings is 2. The van der Waals surface area contributed by atoms with Gasteiger partial charge in [-0.05, 0) is 85.9 Å². The van der Waals surface area contributed by atoms with Crippen molar-refractivity contribution < 1.29 is 40.3 Å². The number of hydrogen-bond acceptors (Lipinski definition) is 3. The van der Waals surface area contributed by atoms with Gasteiger partial charge in [-0.2, -0.15) is 26.3 Å². The summed E-state index contributed by atoms with van der Waals surface area (Å²) in [4.78, 5) is 14.3. The lowest BCUT2D eigenvalue weighted by atomic mass is 9.69. The Bertz CT molecular complexity index is 1240. The third-order valence-corrected chi connectivity index (χ3v) is 8.48. The first-order chi connectivity index (χ1) is 18.8. The fourth-order valence-corrected chi connectivity index (χ4v) is 6.55. The van der Waals surface area contributed by atoms with Crippen LogP contribution in [0.4, 0.5) is 30.7 Å². The summed E-state index contributed by atoms with van der Waals surface area (Å²) in [5, 5.41) is 0. The van der Waals surface area contributed by atoms with Gasteiger partial charge in [-0.3, -0.25) is 4.79 Å². The number of ether oxygens (including phenoxy) is 1. The second-order valence-corrected chi connectivity index (χ2v) is 11.1. The molecule has 5 atom stereocenters. The Morgan fingerprint density at radius 1 is 0.900 bits per heavy atom. The Morgan fingerprint density at radius 2 is 1.55 bits per heavy atom. The van der Waals surface area contributed by atoms with Crippen LogP contribution in [-0.4, -0.2) is 29.9 Å². The molecule has 2 aliphatic carbocycles. The first-order valence-electron chi connectivity index (χ1n) is 13.5. The van der Waals surface area contributed by atoms with Gasteiger partial charge in [-0.25, -0.2) is 4.39 Å². The number of alkyl halides is 6. The van der Waals surface area contributed by atoms with E-state index in [1.165, 1.54) is 19.1 Å². The van der Waals surface area contributed by atoms with Gasteiger partial charge in [-0.15, -0.1) is 0 Å². The average Bonchev–Trinajstić information content (AvgIpc) is 3.32. The van der Waals surface area contributed by atoms with E-state index in [-0.39, 0.29) is 35.2 Å². The van der Waals surface area contributed by atoms with Gasteiger partial charge in [0.25, 0.3) is 0 Å². The number of carbonyl (C=O) groups is 1. The van der Waals surface area contributed by atoms with E-state index in [0.29, 0.717) is 31.5 Å². The highest BCUT2D eigenvalue weighted by atomic mass is 19.4. The molecule has 0 unspecified atom stereocenters. The van der Waals surface area contributed by atoms with Crippen molar-refractivity contribution in [2.45, 2.75) is 69.5 Å². The van der Waals surface area contributed by atoms with Crippen LogP contribution in [0.2, 0.25) is 0 Å². The standard InChI is InChI=1S/C30H30F7NO2/c1-17(20-11-21(29(32,33)34)13-22(12-20)30(35,36)37)40-27-10-7-19-15-38(24-3-2-4-25(39)14-24)16-26(19)28(27)18-5-8-23(31)9-6-18/h5-6,8-9,11-14,17,19,26-28H,2-4,7,10,15-16H2,1H3/t17-,19-,26-,27+,28+/m1/s1. The van der Waals surface area contributed by atoms with E-state index in [0.717, 1.165) is 37.1 Å². The molecule has 2 aromatic carbocycles. The molecule has 3 aliphatic rings. The molecule has 3 nitrogen and oxygen atoms in total. The van der Waals surface area contributed by atoms with Crippen molar-refractivity contribution in [2.24, 2.45) is 11.8 Å². The van der Waals surface area contributed by atoms with E-state index in [1.54, 1.807) is 18.2 Å². The molecule has 1 saturated carbocycles. The second kappa shape index (κ2) is 10.8. The Hall–Kier alpha value is -2.88. The number of allylic oxidation sites excluding steroid dienone is 2. The number of nitrogens with zero attached hydrogens (tertiary/aromatic N) is 1. The predicted molar refractivity (Wildman–Crippen MR) is 134 cm³/mol. The van der Waals surface area contributed by atoms with Gasteiger partial charge >= 0.3 is 12.4 Å². The normalized spacial score (nSPS) is 26.4. The summed E-state index contributed by atoms with van der Waals surface area (Å²) in [6, 6.07) is 7.56. The van der Waals surface area contributed by atoms with Gasteiger partial charge in [0.1, 0.15) is 5.82 Å². The topological polar surface area (TPSA) is 29.5 Å². The summed E-state index contributed by atoms with van der Waals surface area (Å²) in [5.74, 6) is -0.250. The van der Waals surface area contributed by atoms with Crippen molar-refractivity contribution in [1.29, 1.82) is 0 Å². The molecule has 1 saturated heterocycles. The molecule has 40 heavy (non-hydrogen) atoms. The average molecular weight is 570 g/mol. The SMILES string of the molecule is C[C@@H](O[C@H]1CC[C@@H]2CN(C3=CC(=O)CCC3)C[C@H]2[C@@H]1c1ccc(F)cc1)c1cc(C(F)(F)F)cc(C(F)(F)F)c1. The molecule has 2 fully saturated rings. The zero-order chi connectivity index (χ0) is 28.8. The van der Waals surface area contributed by atoms with Gasteiger partial charge in [-0.1, -0.05) is 12.1 Å². The van der Waals surface area contributed by atoms with Crippen LogP contribution in [0.1, 0.15) is 73.3 Å². The first-order valence-corrected chi connectivity index (χ1v) is 13.5. The molecule has 0 aromatic heterocycles. The lowest BCUT2D eigenvalue weighted by molar-refractivity contribution is -0.143. The van der Waals surface area contributed by atoms with Crippen LogP contribution in [0.3, 0.4) is 0 Å². The minimum absolute atomic E-state index is 0.0570. The zero-order valence-corrected chi connectivity index (χ0v) is 21.9. The molecule has 10 heteroatoms. The van der Waals surface area contributed by atoms with Crippen LogP contribution in [0, 0.1) is 17.7 Å². The summed E-state index contributed by atoms with van der Waals surface area (Å²) in [6.07, 6.45) is -6.33. The van der Waals surface area contributed by atoms with Crippen LogP contribution < -0.4 is 0 Å². The van der Waals surface area contributed by atoms with E-state index < -0.39 is 41.5 Å². The summed E-state index contributed by atoms with van der Waals surface area (Å²) in [5.41, 5.74) is -1.16. The van der Waals surface area contributed by atoms with Gasteiger partial charge < -0.3 is 9.64 Å². The summed E-state index contributed by atoms with van der Waals surface area (Å²) >= 11 is 0. The third kappa shape index (κ3) is 6.06. The fraction of sp³-hybridized carbons (Fsp3) is 0.500. The summed E-state index contributed by atoms with van der Waals surface area (Å²) in [6.45, 7) is 2.86. The first kappa shape index (κ1) is 28.6. The van der Waals surface area contributed by atoms with E-state index in [1.807, 2.05) is 0 Å². The highest BCUT2D eigenvalue weighted by Crippen LogP contribution is 2.49. The van der Waals surface area contributed by atoms with Crippen LogP contribution in [0.5, 0.6) is 0 Å². The Kier molecular flexibility index (Phi) is 7.76. The second-order valence-electron chi connectivity index (χ2n) is 11.1. The molecule has 5 rings (SSSR count). The fourth-order valence-electron chi connectivity index (χ4n) is 6.55. The highest BCUT2D eigenvalue weighted by molar-refractivity contribution is 5.91. The quantitative estimate of drug-likeness (QED) is 0.341. The summed E-state index contributed by atoms with van der Waals surface area (Å²) in [7, 11) is 0. The Balaban J connectivity index is 1.45. The molecule has 0 N–H and O–H groups in total. The molecule has 1 aliphatic heterocycles. The predicted octanol–water partition coefficient (Wildman–Crippen LogP) is 8.07. The maximum Gasteiger partial charge on any atom is 0.416 e. The van der Waals surface area contributed by atoms with Crippen LogP contribution in [-0.2, 0) is 21.9 Å². The number of hydrogen-bond donors (Lipinski definition) is 0. The van der Waals surface area contributed by atoms with Crippen LogP contribution >= 0.6 is 0 Å². The van der Waals surface area contributed by atoms with Crippen LogP contribution in [0.15, 0.2) is 54.2 Å². The number of rotatable bonds is 5. The molecule has 0 radical (unpaired) electrons. The van der Waals surface area contributed by atoms with Crippen molar-refractivity contribution in [3.8, 4) is 0 Å². The minimum Gasteiger partial charge on any atom is -0.374 e. The molecule has 0 amide bonds. The van der Waals surface area contributed by atoms with Crippen LogP contribution in [0.25, 0.3) is 0 Å². The lowest BCUT2D eigenvalue weighted by Gasteiger charge is -2.41. The molecular formula is C30H30F7NO2. The van der Waals surface area contributed by atoms with Crippen molar-refractivity contribution in [1.82, 2.24) is 4.90 Å². The number of halogens is 7. The van der Waals surface area contributed by atoms with Crippen molar-refractivity contribution in [3.63, 3.8) is 0 Å². The molecule has 2 aromatic rings. The molecular weight excluding hydrogens is 539 g/mol. The number of fused-ring (bicyclic) bond motifs is 1. The Labute approximate surface area is 228 Å². The van der Waals surface area contributed by atoms with E-state index >= 15 is 0 Å². The smallest absolute Gasteiger partial charge is 0.374 e. The maximum absolute atomic E-state index is 13.8. The van der Waals surface area contributed by atoms with Crippen molar-refractivity contribution in [2.75, 3.05) is 13.1 Å². The Morgan fingerprint density at radius 3 is 2.15 bits per heavy atom. The maximum atomic E-state index is 13.8. The van der Waals surface area contributed by atoms with Crippen molar-refractivity contribution >= 4 is 5.78 Å². The van der Waals surface area contributed by atoms with Crippen molar-refractivity contribution in [3.05, 3.63) is 82.3 Å². The molecule has 0 spiro atoms. The number of carbonyl (C=O) groups excluding carboxylic acids is 1. The van der Waals surface area contributed by atoms with Gasteiger partial charge in [0.05, 0.1) is 23.3 Å². The largest absolute Gasteiger partial charge is 0.416 e. The molecule has 216 valence electrons. The summed E-state index contributed by atoms with van der Waals surface area (Å²) < 4.78 is 101. The van der Waals surface area contributed by atoms with E-state index in [4.69, 9.17) is 4.74 Å². The number of likely N-dealkylation sites (tertiary alicyclic amines) is 1. The van der Waals surface area contributed by atoms with E-state index in [9.17, 15) is 35.5 Å². The molecule has 0 bridgehead atoms. The highest BCUT2D eigenvalue weighted by Gasteiger charge is 2.47. The van der Waals surface area contributed by atoms with Gasteiger partial charge in [0.15, 0.2) is 5.78 Å². The molecule has 1 heterocycles. The zero-order valence-electron chi connectivity index (χ0n) is 21.9. The number of ketones is 1. The third-order valence-electron chi connectivity index (χ3n) is 8.48. The van der Waals surface area contributed by atoms with E-state index in [2.05, 4.69) is 4.90 Å². The minimum atomic E-state index is -4.95. The monoisotopic (exact) mass is 569 g/mol. The van der Waals surface area contributed by atoms with Gasteiger partial charge in [0.2, 0.25) is 0 Å². The van der Waals surface area contributed by atoms with Gasteiger partial charge in [0, 0.05) is 37.2 Å². The lowest BCUT2D eigenvalue weighted by Crippen LogP contribution is -2.38.